The van der Waals surface area contributed by atoms with E-state index >= 15 is 0 Å². The van der Waals surface area contributed by atoms with Crippen molar-refractivity contribution in [1.29, 1.82) is 0 Å². The van der Waals surface area contributed by atoms with Gasteiger partial charge in [0.15, 0.2) is 0 Å². The number of anilines is 1. The van der Waals surface area contributed by atoms with E-state index in [4.69, 9.17) is 0 Å². The van der Waals surface area contributed by atoms with Crippen LogP contribution in [0.3, 0.4) is 0 Å². The summed E-state index contributed by atoms with van der Waals surface area (Å²) >= 11 is 0. The molecule has 2 fully saturated rings. The Morgan fingerprint density at radius 1 is 1.00 bits per heavy atom. The zero-order valence-corrected chi connectivity index (χ0v) is 18.0. The fraction of sp³-hybridized carbons (Fsp3) is 0.364. The smallest absolute Gasteiger partial charge is 0.329 e. The molecule has 0 bridgehead atoms. The normalized spacial score (nSPS) is 22.3. The van der Waals surface area contributed by atoms with E-state index < -0.39 is 34.0 Å². The molecular formula is C22H25N3O4S. The van der Waals surface area contributed by atoms with Crippen molar-refractivity contribution in [3.63, 3.8) is 0 Å². The van der Waals surface area contributed by atoms with Crippen molar-refractivity contribution in [2.75, 3.05) is 11.4 Å². The zero-order valence-electron chi connectivity index (χ0n) is 17.2. The van der Waals surface area contributed by atoms with Gasteiger partial charge in [-0.05, 0) is 49.1 Å². The summed E-state index contributed by atoms with van der Waals surface area (Å²) in [4.78, 5) is 27.2. The number of amides is 3. The third kappa shape index (κ3) is 3.40. The second-order valence-electron chi connectivity index (χ2n) is 8.14. The lowest BCUT2D eigenvalue weighted by Gasteiger charge is -2.36. The Kier molecular flexibility index (Phi) is 5.15. The molecule has 8 heteroatoms. The number of benzene rings is 2. The number of hydrogen-bond acceptors (Lipinski definition) is 4. The average molecular weight is 428 g/mol. The number of sulfonamides is 1. The van der Waals surface area contributed by atoms with Crippen molar-refractivity contribution in [3.8, 4) is 0 Å². The van der Waals surface area contributed by atoms with Crippen LogP contribution in [0.2, 0.25) is 0 Å². The van der Waals surface area contributed by atoms with Gasteiger partial charge >= 0.3 is 6.03 Å². The molecule has 2 aliphatic rings. The van der Waals surface area contributed by atoms with Gasteiger partial charge in [-0.15, -0.1) is 0 Å². The van der Waals surface area contributed by atoms with Gasteiger partial charge in [0.1, 0.15) is 6.04 Å². The van der Waals surface area contributed by atoms with E-state index in [1.165, 1.54) is 4.31 Å². The molecular weight excluding hydrogens is 402 g/mol. The SMILES string of the molecule is Cc1ccc(S(=O)(=O)N2CC[C@H]3NC(=O)N(c4ccc(C(C)C)cc4)C(=O)[C@H]32)cc1. The third-order valence-corrected chi connectivity index (χ3v) is 7.68. The Morgan fingerprint density at radius 3 is 2.23 bits per heavy atom. The first kappa shape index (κ1) is 20.6. The zero-order chi connectivity index (χ0) is 21.6. The molecule has 2 atom stereocenters. The third-order valence-electron chi connectivity index (χ3n) is 5.78. The van der Waals surface area contributed by atoms with Crippen molar-refractivity contribution < 1.29 is 18.0 Å². The van der Waals surface area contributed by atoms with Gasteiger partial charge in [0.2, 0.25) is 10.0 Å². The monoisotopic (exact) mass is 427 g/mol. The first-order valence-corrected chi connectivity index (χ1v) is 11.5. The number of carbonyl (C=O) groups is 2. The summed E-state index contributed by atoms with van der Waals surface area (Å²) in [5, 5.41) is 2.82. The van der Waals surface area contributed by atoms with Crippen molar-refractivity contribution >= 4 is 27.6 Å². The lowest BCUT2D eigenvalue weighted by molar-refractivity contribution is -0.122. The van der Waals surface area contributed by atoms with Gasteiger partial charge in [0.25, 0.3) is 5.91 Å². The molecule has 0 spiro atoms. The molecule has 30 heavy (non-hydrogen) atoms. The molecule has 3 amide bonds. The highest BCUT2D eigenvalue weighted by Gasteiger charge is 2.52. The van der Waals surface area contributed by atoms with E-state index in [9.17, 15) is 18.0 Å². The van der Waals surface area contributed by atoms with Gasteiger partial charge in [-0.1, -0.05) is 43.7 Å². The number of urea groups is 1. The van der Waals surface area contributed by atoms with Gasteiger partial charge in [-0.3, -0.25) is 4.79 Å². The minimum Gasteiger partial charge on any atom is -0.332 e. The van der Waals surface area contributed by atoms with E-state index in [1.807, 2.05) is 19.1 Å². The molecule has 158 valence electrons. The number of hydrogen-bond donors (Lipinski definition) is 1. The fourth-order valence-electron chi connectivity index (χ4n) is 4.03. The Balaban J connectivity index is 1.67. The molecule has 0 saturated carbocycles. The van der Waals surface area contributed by atoms with E-state index in [1.54, 1.807) is 36.4 Å². The molecule has 2 saturated heterocycles. The van der Waals surface area contributed by atoms with Crippen LogP contribution in [0.4, 0.5) is 10.5 Å². The Labute approximate surface area is 176 Å². The second-order valence-corrected chi connectivity index (χ2v) is 10.0. The quantitative estimate of drug-likeness (QED) is 0.813. The van der Waals surface area contributed by atoms with Crippen LogP contribution in [0.5, 0.6) is 0 Å². The number of nitrogens with one attached hydrogen (secondary N) is 1. The number of aryl methyl sites for hydroxylation is 1. The van der Waals surface area contributed by atoms with E-state index in [2.05, 4.69) is 19.2 Å². The van der Waals surface area contributed by atoms with Crippen LogP contribution in [0.15, 0.2) is 53.4 Å². The fourth-order valence-corrected chi connectivity index (χ4v) is 5.67. The highest BCUT2D eigenvalue weighted by molar-refractivity contribution is 7.89. The summed E-state index contributed by atoms with van der Waals surface area (Å²) < 4.78 is 27.7. The number of imide groups is 1. The van der Waals surface area contributed by atoms with Crippen molar-refractivity contribution in [1.82, 2.24) is 9.62 Å². The number of carbonyl (C=O) groups excluding carboxylic acids is 2. The van der Waals surface area contributed by atoms with Crippen LogP contribution in [-0.2, 0) is 14.8 Å². The summed E-state index contributed by atoms with van der Waals surface area (Å²) in [5.74, 6) is -0.200. The number of fused-ring (bicyclic) bond motifs is 1. The van der Waals surface area contributed by atoms with Crippen LogP contribution < -0.4 is 10.2 Å². The van der Waals surface area contributed by atoms with Crippen LogP contribution in [0.1, 0.15) is 37.3 Å². The minimum absolute atomic E-state index is 0.145. The highest BCUT2D eigenvalue weighted by Crippen LogP contribution is 2.32. The maximum atomic E-state index is 13.3. The molecule has 4 rings (SSSR count). The van der Waals surface area contributed by atoms with E-state index in [0.717, 1.165) is 16.0 Å². The Bertz CT molecular complexity index is 1080. The van der Waals surface area contributed by atoms with E-state index in [-0.39, 0.29) is 11.4 Å². The van der Waals surface area contributed by atoms with Crippen LogP contribution in [-0.4, -0.2) is 43.3 Å². The summed E-state index contributed by atoms with van der Waals surface area (Å²) in [5.41, 5.74) is 2.47. The molecule has 2 aromatic carbocycles. The van der Waals surface area contributed by atoms with Gasteiger partial charge in [-0.25, -0.2) is 18.1 Å². The molecule has 2 heterocycles. The average Bonchev–Trinajstić information content (AvgIpc) is 3.13. The first-order valence-electron chi connectivity index (χ1n) is 10.0. The molecule has 0 aromatic heterocycles. The lowest BCUT2D eigenvalue weighted by Crippen LogP contribution is -2.64. The van der Waals surface area contributed by atoms with Gasteiger partial charge in [0, 0.05) is 6.54 Å². The van der Waals surface area contributed by atoms with Crippen molar-refractivity contribution in [2.45, 2.75) is 50.1 Å². The largest absolute Gasteiger partial charge is 0.332 e. The first-order chi connectivity index (χ1) is 14.2. The standard InChI is InChI=1S/C22H25N3O4S/c1-14(2)16-6-8-17(9-7-16)25-21(26)20-19(23-22(25)27)12-13-24(20)30(28,29)18-10-4-15(3)5-11-18/h4-11,14,19-20H,12-13H2,1-3H3,(H,23,27)/t19-,20+/m1/s1. The van der Waals surface area contributed by atoms with Gasteiger partial charge < -0.3 is 5.32 Å². The predicted octanol–water partition coefficient (Wildman–Crippen LogP) is 3.01. The van der Waals surface area contributed by atoms with Crippen molar-refractivity contribution in [3.05, 3.63) is 59.7 Å². The molecule has 0 unspecified atom stereocenters. The summed E-state index contributed by atoms with van der Waals surface area (Å²) in [6.07, 6.45) is 0.396. The molecule has 7 nitrogen and oxygen atoms in total. The van der Waals surface area contributed by atoms with Crippen molar-refractivity contribution in [2.24, 2.45) is 0 Å². The van der Waals surface area contributed by atoms with Crippen LogP contribution >= 0.6 is 0 Å². The molecule has 0 aliphatic carbocycles. The Hall–Kier alpha value is -2.71. The summed E-state index contributed by atoms with van der Waals surface area (Å²) in [6.45, 7) is 6.18. The topological polar surface area (TPSA) is 86.8 Å². The Morgan fingerprint density at radius 2 is 1.63 bits per heavy atom. The number of nitrogens with zero attached hydrogens (tertiary/aromatic N) is 2. The minimum atomic E-state index is -3.87. The predicted molar refractivity (Wildman–Crippen MR) is 114 cm³/mol. The van der Waals surface area contributed by atoms with Gasteiger partial charge in [0.05, 0.1) is 16.6 Å². The highest BCUT2D eigenvalue weighted by atomic mass is 32.2. The maximum Gasteiger partial charge on any atom is 0.329 e. The maximum absolute atomic E-state index is 13.3. The van der Waals surface area contributed by atoms with E-state index in [0.29, 0.717) is 18.0 Å². The molecule has 0 radical (unpaired) electrons. The second kappa shape index (κ2) is 7.52. The lowest BCUT2D eigenvalue weighted by atomic mass is 10.0. The summed E-state index contributed by atoms with van der Waals surface area (Å²) in [7, 11) is -3.87. The van der Waals surface area contributed by atoms with Crippen LogP contribution in [0.25, 0.3) is 0 Å². The molecule has 1 N–H and O–H groups in total. The van der Waals surface area contributed by atoms with Crippen LogP contribution in [0, 0.1) is 6.92 Å². The van der Waals surface area contributed by atoms with Gasteiger partial charge in [-0.2, -0.15) is 4.31 Å². The molecule has 2 aliphatic heterocycles. The number of rotatable bonds is 4. The summed E-state index contributed by atoms with van der Waals surface area (Å²) in [6, 6.07) is 11.7. The molecule has 2 aromatic rings.